The summed E-state index contributed by atoms with van der Waals surface area (Å²) in [7, 11) is 0. The Labute approximate surface area is 107 Å². The molecule has 0 amide bonds. The maximum Gasteiger partial charge on any atom is 0.285 e. The van der Waals surface area contributed by atoms with Gasteiger partial charge in [0.15, 0.2) is 5.65 Å². The average molecular weight is 285 g/mol. The quantitative estimate of drug-likeness (QED) is 0.585. The number of fused-ring (bicyclic) bond motifs is 2. The standard InChI is InChI=1S/C9H2Cl2N4O3/c10-3-4(11)6(17)2-1(5(3)16)7-13-9(12)14-15(7)8(2)18/h(H2,12,14). The number of nitrogen functional groups attached to an aromatic ring is 1. The third kappa shape index (κ3) is 1.12. The molecule has 0 saturated carbocycles. The Hall–Kier alpha value is -1.99. The summed E-state index contributed by atoms with van der Waals surface area (Å²) in [6.45, 7) is 0. The van der Waals surface area contributed by atoms with E-state index in [0.29, 0.717) is 0 Å². The van der Waals surface area contributed by atoms with Crippen molar-refractivity contribution in [2.45, 2.75) is 0 Å². The molecule has 3 rings (SSSR count). The van der Waals surface area contributed by atoms with Gasteiger partial charge >= 0.3 is 0 Å². The largest absolute Gasteiger partial charge is 0.366 e. The number of nitrogens with zero attached hydrogens (tertiary/aromatic N) is 3. The van der Waals surface area contributed by atoms with Crippen LogP contribution in [0.25, 0.3) is 5.65 Å². The fourth-order valence-corrected chi connectivity index (χ4v) is 2.16. The highest BCUT2D eigenvalue weighted by Gasteiger charge is 2.20. The van der Waals surface area contributed by atoms with Crippen LogP contribution in [-0.2, 0) is 0 Å². The summed E-state index contributed by atoms with van der Waals surface area (Å²) in [6.07, 6.45) is 0. The van der Waals surface area contributed by atoms with Crippen LogP contribution >= 0.6 is 23.2 Å². The van der Waals surface area contributed by atoms with Gasteiger partial charge < -0.3 is 5.73 Å². The van der Waals surface area contributed by atoms with Crippen molar-refractivity contribution < 1.29 is 0 Å². The molecule has 9 heteroatoms. The molecule has 2 aliphatic rings. The third-order valence-corrected chi connectivity index (χ3v) is 3.37. The predicted octanol–water partition coefficient (Wildman–Crippen LogP) is -0.701. The minimum Gasteiger partial charge on any atom is -0.366 e. The maximum absolute atomic E-state index is 11.9. The number of aromatic nitrogens is 3. The number of hydrogen-bond donors (Lipinski definition) is 1. The van der Waals surface area contributed by atoms with E-state index in [-0.39, 0.29) is 22.0 Å². The Morgan fingerprint density at radius 2 is 1.56 bits per heavy atom. The van der Waals surface area contributed by atoms with E-state index in [1.54, 1.807) is 0 Å². The normalized spacial score (nSPS) is 11.7. The lowest BCUT2D eigenvalue weighted by Gasteiger charge is -1.90. The molecule has 0 fully saturated rings. The van der Waals surface area contributed by atoms with Crippen molar-refractivity contribution in [2.75, 3.05) is 5.73 Å². The summed E-state index contributed by atoms with van der Waals surface area (Å²) in [5.74, 6) is -0.179. The molecular formula is C9H2Cl2N4O3. The zero-order valence-corrected chi connectivity index (χ0v) is 9.91. The molecule has 0 radical (unpaired) electrons. The first-order valence-corrected chi connectivity index (χ1v) is 5.35. The predicted molar refractivity (Wildman–Crippen MR) is 63.9 cm³/mol. The van der Waals surface area contributed by atoms with Gasteiger partial charge in [-0.25, -0.2) is 0 Å². The van der Waals surface area contributed by atoms with Gasteiger partial charge in [0, 0.05) is 0 Å². The van der Waals surface area contributed by atoms with Crippen LogP contribution in [-0.4, -0.2) is 14.6 Å². The fourth-order valence-electron chi connectivity index (χ4n) is 1.80. The number of halogens is 2. The van der Waals surface area contributed by atoms with E-state index in [2.05, 4.69) is 10.1 Å². The molecule has 1 aromatic heterocycles. The molecule has 1 aromatic rings. The van der Waals surface area contributed by atoms with Gasteiger partial charge in [-0.15, -0.1) is 5.10 Å². The molecule has 0 aromatic carbocycles. The number of hydrogen-bond acceptors (Lipinski definition) is 6. The maximum atomic E-state index is 11.9. The summed E-state index contributed by atoms with van der Waals surface area (Å²) in [6, 6.07) is 0. The summed E-state index contributed by atoms with van der Waals surface area (Å²) in [5.41, 5.74) is 2.90. The molecule has 0 saturated heterocycles. The van der Waals surface area contributed by atoms with Crippen LogP contribution in [0.15, 0.2) is 14.4 Å². The lowest BCUT2D eigenvalue weighted by atomic mass is 10.2. The molecule has 1 aliphatic heterocycles. The third-order valence-electron chi connectivity index (χ3n) is 2.55. The smallest absolute Gasteiger partial charge is 0.285 e. The second-order valence-electron chi connectivity index (χ2n) is 3.55. The summed E-state index contributed by atoms with van der Waals surface area (Å²) in [5, 5.41) is 2.10. The first-order valence-electron chi connectivity index (χ1n) is 4.60. The van der Waals surface area contributed by atoms with E-state index in [1.165, 1.54) is 0 Å². The van der Waals surface area contributed by atoms with Crippen molar-refractivity contribution in [3.05, 3.63) is 51.3 Å². The second-order valence-corrected chi connectivity index (χ2v) is 4.30. The number of rotatable bonds is 0. The molecule has 2 N–H and O–H groups in total. The van der Waals surface area contributed by atoms with Crippen molar-refractivity contribution in [1.29, 1.82) is 0 Å². The van der Waals surface area contributed by atoms with Crippen molar-refractivity contribution in [2.24, 2.45) is 0 Å². The molecule has 1 aliphatic carbocycles. The van der Waals surface area contributed by atoms with Crippen LogP contribution in [0.3, 0.4) is 0 Å². The SMILES string of the molecule is Nc1nc2c3c(=O)c(Cl)c(Cl)c(=O)c=3c(=O)n2n1. The summed E-state index contributed by atoms with van der Waals surface area (Å²) >= 11 is 11.2. The van der Waals surface area contributed by atoms with E-state index in [9.17, 15) is 14.4 Å². The zero-order valence-electron chi connectivity index (χ0n) is 8.40. The molecular weight excluding hydrogens is 283 g/mol. The Morgan fingerprint density at radius 3 is 2.17 bits per heavy atom. The molecule has 90 valence electrons. The molecule has 0 bridgehead atoms. The van der Waals surface area contributed by atoms with Gasteiger partial charge in [0.2, 0.25) is 16.8 Å². The molecule has 0 atom stereocenters. The molecule has 0 unspecified atom stereocenters. The van der Waals surface area contributed by atoms with Gasteiger partial charge in [-0.2, -0.15) is 9.50 Å². The Kier molecular flexibility index (Phi) is 2.02. The monoisotopic (exact) mass is 284 g/mol. The van der Waals surface area contributed by atoms with Crippen LogP contribution in [0.5, 0.6) is 0 Å². The van der Waals surface area contributed by atoms with Crippen molar-refractivity contribution in [3.8, 4) is 0 Å². The van der Waals surface area contributed by atoms with Crippen molar-refractivity contribution >= 4 is 34.8 Å². The van der Waals surface area contributed by atoms with Crippen LogP contribution < -0.4 is 22.2 Å². The fraction of sp³-hybridized carbons (Fsp3) is 0. The van der Waals surface area contributed by atoms with Crippen LogP contribution in [0.2, 0.25) is 10.0 Å². The Morgan fingerprint density at radius 1 is 1.00 bits per heavy atom. The van der Waals surface area contributed by atoms with E-state index < -0.39 is 26.5 Å². The first kappa shape index (κ1) is 11.1. The van der Waals surface area contributed by atoms with Gasteiger partial charge in [-0.3, -0.25) is 14.4 Å². The zero-order chi connectivity index (χ0) is 13.2. The van der Waals surface area contributed by atoms with Crippen molar-refractivity contribution in [1.82, 2.24) is 14.6 Å². The highest BCUT2D eigenvalue weighted by atomic mass is 35.5. The molecule has 2 heterocycles. The van der Waals surface area contributed by atoms with Crippen molar-refractivity contribution in [3.63, 3.8) is 0 Å². The lowest BCUT2D eigenvalue weighted by molar-refractivity contribution is 0.936. The van der Waals surface area contributed by atoms with Gasteiger partial charge in [-0.05, 0) is 0 Å². The van der Waals surface area contributed by atoms with E-state index in [4.69, 9.17) is 28.9 Å². The van der Waals surface area contributed by atoms with E-state index in [1.807, 2.05) is 0 Å². The van der Waals surface area contributed by atoms with Gasteiger partial charge in [-0.1, -0.05) is 23.2 Å². The second kappa shape index (κ2) is 3.27. The molecule has 0 spiro atoms. The van der Waals surface area contributed by atoms with Crippen LogP contribution in [0, 0.1) is 10.4 Å². The van der Waals surface area contributed by atoms with Gasteiger partial charge in [0.05, 0.1) is 5.22 Å². The number of anilines is 1. The van der Waals surface area contributed by atoms with E-state index >= 15 is 0 Å². The summed E-state index contributed by atoms with van der Waals surface area (Å²) < 4.78 is 0.787. The Bertz CT molecular complexity index is 1020. The first-order chi connectivity index (χ1) is 8.43. The average Bonchev–Trinajstić information content (AvgIpc) is 2.81. The molecule has 18 heavy (non-hydrogen) atoms. The van der Waals surface area contributed by atoms with E-state index in [0.717, 1.165) is 4.52 Å². The lowest BCUT2D eigenvalue weighted by Crippen LogP contribution is -2.21. The van der Waals surface area contributed by atoms with Crippen LogP contribution in [0.1, 0.15) is 0 Å². The molecule has 7 nitrogen and oxygen atoms in total. The minimum atomic E-state index is -0.813. The highest BCUT2D eigenvalue weighted by Crippen LogP contribution is 2.14. The van der Waals surface area contributed by atoms with Gasteiger partial charge in [0.25, 0.3) is 5.56 Å². The summed E-state index contributed by atoms with van der Waals surface area (Å²) in [4.78, 5) is 39.4. The minimum absolute atomic E-state index is 0.0897. The highest BCUT2D eigenvalue weighted by molar-refractivity contribution is 6.41. The van der Waals surface area contributed by atoms with Crippen LogP contribution in [0.4, 0.5) is 5.95 Å². The topological polar surface area (TPSA) is 107 Å². The van der Waals surface area contributed by atoms with Gasteiger partial charge in [0.1, 0.15) is 15.3 Å². The number of nitrogens with two attached hydrogens (primary N) is 1. The Balaban J connectivity index is 2.93.